The van der Waals surface area contributed by atoms with Crippen molar-refractivity contribution in [3.63, 3.8) is 0 Å². The first-order valence-electron chi connectivity index (χ1n) is 8.27. The van der Waals surface area contributed by atoms with E-state index in [0.29, 0.717) is 28.5 Å². The molecule has 0 aliphatic carbocycles. The van der Waals surface area contributed by atoms with E-state index in [1.807, 2.05) is 13.0 Å². The van der Waals surface area contributed by atoms with E-state index < -0.39 is 18.5 Å². The molecule has 0 spiro atoms. The highest BCUT2D eigenvalue weighted by atomic mass is 16.5. The number of hydrogen-bond acceptors (Lipinski definition) is 6. The maximum absolute atomic E-state index is 12.1. The predicted octanol–water partition coefficient (Wildman–Crippen LogP) is 2.75. The Kier molecular flexibility index (Phi) is 7.05. The highest BCUT2D eigenvalue weighted by molar-refractivity contribution is 5.94. The van der Waals surface area contributed by atoms with E-state index in [2.05, 4.69) is 5.32 Å². The van der Waals surface area contributed by atoms with Crippen molar-refractivity contribution in [2.45, 2.75) is 13.3 Å². The smallest absolute Gasteiger partial charge is 0.310 e. The Balaban J connectivity index is 1.92. The van der Waals surface area contributed by atoms with Crippen LogP contribution >= 0.6 is 0 Å². The monoisotopic (exact) mass is 373 g/mol. The first-order valence-corrected chi connectivity index (χ1v) is 8.27. The number of aryl methyl sites for hydroxylation is 1. The van der Waals surface area contributed by atoms with Crippen LogP contribution in [0.3, 0.4) is 0 Å². The molecule has 0 saturated carbocycles. The molecular weight excluding hydrogens is 350 g/mol. The summed E-state index contributed by atoms with van der Waals surface area (Å²) in [6.45, 7) is 1.51. The molecule has 7 heteroatoms. The minimum absolute atomic E-state index is 0.0196. The lowest BCUT2D eigenvalue weighted by molar-refractivity contribution is -0.146. The highest BCUT2D eigenvalue weighted by Crippen LogP contribution is 2.26. The zero-order chi connectivity index (χ0) is 19.8. The van der Waals surface area contributed by atoms with Gasteiger partial charge in [-0.3, -0.25) is 9.59 Å². The highest BCUT2D eigenvalue weighted by Gasteiger charge is 2.14. The van der Waals surface area contributed by atoms with Crippen molar-refractivity contribution in [1.29, 1.82) is 0 Å². The number of carbonyl (C=O) groups is 2. The number of ether oxygens (including phenoxy) is 4. The minimum Gasteiger partial charge on any atom is -0.497 e. The van der Waals surface area contributed by atoms with Gasteiger partial charge >= 0.3 is 5.97 Å². The van der Waals surface area contributed by atoms with E-state index in [-0.39, 0.29) is 6.42 Å². The van der Waals surface area contributed by atoms with E-state index in [9.17, 15) is 9.59 Å². The number of amides is 1. The molecule has 0 aliphatic rings. The number of rotatable bonds is 8. The molecular formula is C20H23NO6. The third kappa shape index (κ3) is 5.64. The number of esters is 1. The number of anilines is 1. The molecule has 27 heavy (non-hydrogen) atoms. The summed E-state index contributed by atoms with van der Waals surface area (Å²) in [7, 11) is 4.57. The number of benzene rings is 2. The SMILES string of the molecule is COc1ccc(CC(=O)OCC(=O)Nc2cc(C)ccc2OC)c(OC)c1. The quantitative estimate of drug-likeness (QED) is 0.717. The van der Waals surface area contributed by atoms with Gasteiger partial charge < -0.3 is 24.3 Å². The molecule has 0 bridgehead atoms. The Bertz CT molecular complexity index is 818. The molecule has 0 fully saturated rings. The molecule has 0 radical (unpaired) electrons. The standard InChI is InChI=1S/C20H23NO6/c1-13-5-8-17(25-3)16(9-13)21-19(22)12-27-20(23)10-14-6-7-15(24-2)11-18(14)26-4/h5-9,11H,10,12H2,1-4H3,(H,21,22). The number of nitrogens with one attached hydrogen (secondary N) is 1. The number of carbonyl (C=O) groups excluding carboxylic acids is 2. The Morgan fingerprint density at radius 3 is 2.33 bits per heavy atom. The fraction of sp³-hybridized carbons (Fsp3) is 0.300. The molecule has 0 saturated heterocycles. The van der Waals surface area contributed by atoms with Gasteiger partial charge in [-0.15, -0.1) is 0 Å². The molecule has 0 aromatic heterocycles. The largest absolute Gasteiger partial charge is 0.497 e. The van der Waals surface area contributed by atoms with Gasteiger partial charge in [-0.25, -0.2) is 0 Å². The van der Waals surface area contributed by atoms with E-state index in [0.717, 1.165) is 5.56 Å². The molecule has 0 atom stereocenters. The van der Waals surface area contributed by atoms with Crippen molar-refractivity contribution in [2.75, 3.05) is 33.3 Å². The van der Waals surface area contributed by atoms with E-state index >= 15 is 0 Å². The van der Waals surface area contributed by atoms with Gasteiger partial charge in [0.2, 0.25) is 0 Å². The van der Waals surface area contributed by atoms with Gasteiger partial charge in [0, 0.05) is 11.6 Å². The van der Waals surface area contributed by atoms with Crippen LogP contribution in [0.2, 0.25) is 0 Å². The average molecular weight is 373 g/mol. The van der Waals surface area contributed by atoms with Crippen LogP contribution in [-0.4, -0.2) is 39.8 Å². The minimum atomic E-state index is -0.537. The maximum atomic E-state index is 12.1. The zero-order valence-electron chi connectivity index (χ0n) is 15.8. The lowest BCUT2D eigenvalue weighted by atomic mass is 10.1. The van der Waals surface area contributed by atoms with Gasteiger partial charge in [0.15, 0.2) is 6.61 Å². The summed E-state index contributed by atoms with van der Waals surface area (Å²) in [5.74, 6) is 0.678. The molecule has 2 aromatic rings. The maximum Gasteiger partial charge on any atom is 0.310 e. The molecule has 0 heterocycles. The molecule has 7 nitrogen and oxygen atoms in total. The summed E-state index contributed by atoms with van der Waals surface area (Å²) >= 11 is 0. The van der Waals surface area contributed by atoms with Crippen LogP contribution in [0.1, 0.15) is 11.1 Å². The van der Waals surface area contributed by atoms with Gasteiger partial charge in [0.1, 0.15) is 17.2 Å². The van der Waals surface area contributed by atoms with Crippen molar-refractivity contribution in [2.24, 2.45) is 0 Å². The van der Waals surface area contributed by atoms with E-state index in [1.165, 1.54) is 14.2 Å². The average Bonchev–Trinajstić information content (AvgIpc) is 2.67. The van der Waals surface area contributed by atoms with Crippen molar-refractivity contribution >= 4 is 17.6 Å². The van der Waals surface area contributed by atoms with Crippen LogP contribution in [0.15, 0.2) is 36.4 Å². The summed E-state index contributed by atoms with van der Waals surface area (Å²) in [5.41, 5.74) is 2.13. The summed E-state index contributed by atoms with van der Waals surface area (Å²) in [6.07, 6.45) is -0.0196. The molecule has 2 rings (SSSR count). The molecule has 0 aliphatic heterocycles. The second-order valence-electron chi connectivity index (χ2n) is 5.77. The second-order valence-corrected chi connectivity index (χ2v) is 5.77. The Hall–Kier alpha value is -3.22. The van der Waals surface area contributed by atoms with Gasteiger partial charge in [0.05, 0.1) is 33.4 Å². The predicted molar refractivity (Wildman–Crippen MR) is 101 cm³/mol. The summed E-state index contributed by atoms with van der Waals surface area (Å²) in [6, 6.07) is 10.5. The van der Waals surface area contributed by atoms with Crippen LogP contribution < -0.4 is 19.5 Å². The van der Waals surface area contributed by atoms with E-state index in [1.54, 1.807) is 37.4 Å². The van der Waals surface area contributed by atoms with Gasteiger partial charge in [-0.05, 0) is 30.7 Å². The third-order valence-electron chi connectivity index (χ3n) is 3.82. The van der Waals surface area contributed by atoms with Gasteiger partial charge in [-0.1, -0.05) is 12.1 Å². The molecule has 2 aromatic carbocycles. The number of hydrogen-bond donors (Lipinski definition) is 1. The molecule has 1 N–H and O–H groups in total. The fourth-order valence-corrected chi connectivity index (χ4v) is 2.46. The Morgan fingerprint density at radius 2 is 1.67 bits per heavy atom. The van der Waals surface area contributed by atoms with Crippen molar-refractivity contribution < 1.29 is 28.5 Å². The van der Waals surface area contributed by atoms with Gasteiger partial charge in [-0.2, -0.15) is 0 Å². The summed E-state index contributed by atoms with van der Waals surface area (Å²) < 4.78 is 20.6. The Morgan fingerprint density at radius 1 is 0.926 bits per heavy atom. The fourth-order valence-electron chi connectivity index (χ4n) is 2.46. The van der Waals surface area contributed by atoms with Crippen LogP contribution in [0, 0.1) is 6.92 Å². The van der Waals surface area contributed by atoms with Crippen LogP contribution in [0.25, 0.3) is 0 Å². The first kappa shape index (κ1) is 20.1. The zero-order valence-corrected chi connectivity index (χ0v) is 15.8. The molecule has 0 unspecified atom stereocenters. The van der Waals surface area contributed by atoms with Crippen molar-refractivity contribution in [3.05, 3.63) is 47.5 Å². The van der Waals surface area contributed by atoms with Crippen LogP contribution in [0.5, 0.6) is 17.2 Å². The van der Waals surface area contributed by atoms with Crippen molar-refractivity contribution in [1.82, 2.24) is 0 Å². The lowest BCUT2D eigenvalue weighted by Gasteiger charge is -2.12. The summed E-state index contributed by atoms with van der Waals surface area (Å²) in [5, 5.41) is 2.68. The summed E-state index contributed by atoms with van der Waals surface area (Å²) in [4.78, 5) is 24.1. The lowest BCUT2D eigenvalue weighted by Crippen LogP contribution is -2.22. The van der Waals surface area contributed by atoms with Crippen LogP contribution in [-0.2, 0) is 20.7 Å². The van der Waals surface area contributed by atoms with Gasteiger partial charge in [0.25, 0.3) is 5.91 Å². The Labute approximate surface area is 158 Å². The first-order chi connectivity index (χ1) is 13.0. The molecule has 1 amide bonds. The van der Waals surface area contributed by atoms with Crippen molar-refractivity contribution in [3.8, 4) is 17.2 Å². The normalized spacial score (nSPS) is 10.1. The van der Waals surface area contributed by atoms with E-state index in [4.69, 9.17) is 18.9 Å². The third-order valence-corrected chi connectivity index (χ3v) is 3.82. The molecule has 144 valence electrons. The topological polar surface area (TPSA) is 83.1 Å². The number of methoxy groups -OCH3 is 3. The second kappa shape index (κ2) is 9.47. The van der Waals surface area contributed by atoms with Crippen LogP contribution in [0.4, 0.5) is 5.69 Å².